The highest BCUT2D eigenvalue weighted by Crippen LogP contribution is 2.27. The number of rotatable bonds is 5. The molecule has 0 aliphatic heterocycles. The van der Waals surface area contributed by atoms with Gasteiger partial charge in [-0.1, -0.05) is 13.3 Å². The number of alkyl halides is 2. The summed E-state index contributed by atoms with van der Waals surface area (Å²) in [5.41, 5.74) is 6.27. The van der Waals surface area contributed by atoms with E-state index in [2.05, 4.69) is 0 Å². The van der Waals surface area contributed by atoms with E-state index in [1.165, 1.54) is 0 Å². The van der Waals surface area contributed by atoms with Gasteiger partial charge in [-0.3, -0.25) is 0 Å². The Balaban J connectivity index is 2.94. The molecule has 0 unspecified atom stereocenters. The van der Waals surface area contributed by atoms with Crippen LogP contribution in [-0.2, 0) is 6.42 Å². The second kappa shape index (κ2) is 5.63. The van der Waals surface area contributed by atoms with Gasteiger partial charge in [-0.25, -0.2) is 13.2 Å². The molecule has 2 nitrogen and oxygen atoms in total. The zero-order valence-corrected chi connectivity index (χ0v) is 8.97. The summed E-state index contributed by atoms with van der Waals surface area (Å²) >= 11 is 0. The van der Waals surface area contributed by atoms with Crippen LogP contribution in [0.5, 0.6) is 5.75 Å². The number of nitrogen functional groups attached to an aromatic ring is 1. The Morgan fingerprint density at radius 1 is 1.38 bits per heavy atom. The summed E-state index contributed by atoms with van der Waals surface area (Å²) in [5.74, 6) is -0.805. The molecular weight excluding hydrogens is 219 g/mol. The Morgan fingerprint density at radius 2 is 2.06 bits per heavy atom. The first-order chi connectivity index (χ1) is 7.54. The quantitative estimate of drug-likeness (QED) is 0.793. The second-order valence-corrected chi connectivity index (χ2v) is 3.44. The molecule has 1 rings (SSSR count). The highest BCUT2D eigenvalue weighted by Gasteiger charge is 2.13. The number of nitrogens with two attached hydrogens (primary N) is 1. The summed E-state index contributed by atoms with van der Waals surface area (Å²) in [5, 5.41) is 0. The van der Waals surface area contributed by atoms with Crippen LogP contribution >= 0.6 is 0 Å². The highest BCUT2D eigenvalue weighted by molar-refractivity contribution is 5.49. The van der Waals surface area contributed by atoms with Crippen molar-refractivity contribution in [1.82, 2.24) is 0 Å². The molecule has 90 valence electrons. The number of benzene rings is 1. The third-order valence-electron chi connectivity index (χ3n) is 2.02. The first-order valence-electron chi connectivity index (χ1n) is 5.03. The molecule has 0 heterocycles. The topological polar surface area (TPSA) is 35.2 Å². The van der Waals surface area contributed by atoms with E-state index in [0.29, 0.717) is 12.0 Å². The van der Waals surface area contributed by atoms with Crippen molar-refractivity contribution >= 4 is 5.69 Å². The number of hydrogen-bond acceptors (Lipinski definition) is 2. The van der Waals surface area contributed by atoms with E-state index in [1.807, 2.05) is 6.92 Å². The summed E-state index contributed by atoms with van der Waals surface area (Å²) in [6, 6.07) is 2.62. The molecule has 0 aliphatic carbocycles. The maximum absolute atomic E-state index is 13.4. The molecular formula is C11H14F3NO. The van der Waals surface area contributed by atoms with Crippen molar-refractivity contribution in [3.05, 3.63) is 23.5 Å². The van der Waals surface area contributed by atoms with Crippen LogP contribution in [0.15, 0.2) is 12.1 Å². The van der Waals surface area contributed by atoms with Gasteiger partial charge < -0.3 is 10.5 Å². The van der Waals surface area contributed by atoms with Gasteiger partial charge in [-0.15, -0.1) is 0 Å². The molecule has 1 aromatic rings. The van der Waals surface area contributed by atoms with Crippen molar-refractivity contribution in [3.63, 3.8) is 0 Å². The first kappa shape index (κ1) is 12.7. The van der Waals surface area contributed by atoms with Crippen LogP contribution in [0.4, 0.5) is 18.9 Å². The maximum atomic E-state index is 13.4. The summed E-state index contributed by atoms with van der Waals surface area (Å²) in [4.78, 5) is 0. The first-order valence-corrected chi connectivity index (χ1v) is 5.03. The molecule has 5 heteroatoms. The monoisotopic (exact) mass is 233 g/mol. The minimum atomic E-state index is -2.62. The molecule has 0 aliphatic rings. The van der Waals surface area contributed by atoms with Crippen LogP contribution in [0.1, 0.15) is 18.9 Å². The molecule has 2 N–H and O–H groups in total. The minimum Gasteiger partial charge on any atom is -0.484 e. The summed E-state index contributed by atoms with van der Waals surface area (Å²) in [6.07, 6.45) is -1.32. The van der Waals surface area contributed by atoms with E-state index < -0.39 is 18.8 Å². The standard InChI is InChI=1S/C11H14F3NO/c1-2-3-7-4-8(15)5-9(12)11(7)16-6-10(13)14/h4-5,10H,2-3,6,15H2,1H3. The van der Waals surface area contributed by atoms with Crippen molar-refractivity contribution in [2.45, 2.75) is 26.2 Å². The molecule has 16 heavy (non-hydrogen) atoms. The largest absolute Gasteiger partial charge is 0.484 e. The third-order valence-corrected chi connectivity index (χ3v) is 2.02. The molecule has 0 saturated heterocycles. The summed E-state index contributed by atoms with van der Waals surface area (Å²) in [6.45, 7) is 1.09. The van der Waals surface area contributed by atoms with Gasteiger partial charge in [0.25, 0.3) is 6.43 Å². The SMILES string of the molecule is CCCc1cc(N)cc(F)c1OCC(F)F. The Kier molecular flexibility index (Phi) is 4.46. The number of aryl methyl sites for hydroxylation is 1. The van der Waals surface area contributed by atoms with Crippen LogP contribution in [0.25, 0.3) is 0 Å². The predicted octanol–water partition coefficient (Wildman–Crippen LogP) is 3.00. The number of anilines is 1. The third kappa shape index (κ3) is 3.32. The van der Waals surface area contributed by atoms with Crippen LogP contribution in [0, 0.1) is 5.82 Å². The fourth-order valence-corrected chi connectivity index (χ4v) is 1.44. The van der Waals surface area contributed by atoms with Crippen LogP contribution in [-0.4, -0.2) is 13.0 Å². The molecule has 1 aromatic carbocycles. The van der Waals surface area contributed by atoms with E-state index in [4.69, 9.17) is 10.5 Å². The second-order valence-electron chi connectivity index (χ2n) is 3.44. The van der Waals surface area contributed by atoms with E-state index in [-0.39, 0.29) is 11.4 Å². The molecule has 0 aromatic heterocycles. The van der Waals surface area contributed by atoms with Gasteiger partial charge in [-0.2, -0.15) is 0 Å². The van der Waals surface area contributed by atoms with Crippen LogP contribution in [0.2, 0.25) is 0 Å². The lowest BCUT2D eigenvalue weighted by atomic mass is 10.1. The molecule has 0 atom stereocenters. The van der Waals surface area contributed by atoms with Crippen molar-refractivity contribution in [2.75, 3.05) is 12.3 Å². The van der Waals surface area contributed by atoms with E-state index in [9.17, 15) is 13.2 Å². The summed E-state index contributed by atoms with van der Waals surface area (Å²) < 4.78 is 42.1. The van der Waals surface area contributed by atoms with Crippen molar-refractivity contribution < 1.29 is 17.9 Å². The molecule has 0 fully saturated rings. The predicted molar refractivity (Wildman–Crippen MR) is 56.3 cm³/mol. The number of halogens is 3. The number of hydrogen-bond donors (Lipinski definition) is 1. The Morgan fingerprint density at radius 3 is 2.62 bits per heavy atom. The fraction of sp³-hybridized carbons (Fsp3) is 0.455. The average Bonchev–Trinajstić information content (AvgIpc) is 2.16. The smallest absolute Gasteiger partial charge is 0.272 e. The Labute approximate surface area is 92.2 Å². The van der Waals surface area contributed by atoms with Gasteiger partial charge in [0.2, 0.25) is 0 Å². The Bertz CT molecular complexity index is 355. The lowest BCUT2D eigenvalue weighted by molar-refractivity contribution is 0.0794. The van der Waals surface area contributed by atoms with Crippen LogP contribution in [0.3, 0.4) is 0 Å². The zero-order valence-electron chi connectivity index (χ0n) is 8.97. The van der Waals surface area contributed by atoms with E-state index in [0.717, 1.165) is 12.5 Å². The maximum Gasteiger partial charge on any atom is 0.272 e. The van der Waals surface area contributed by atoms with Crippen molar-refractivity contribution in [3.8, 4) is 5.75 Å². The van der Waals surface area contributed by atoms with Gasteiger partial charge in [-0.05, 0) is 18.1 Å². The lowest BCUT2D eigenvalue weighted by Crippen LogP contribution is -2.10. The van der Waals surface area contributed by atoms with Gasteiger partial charge in [0.1, 0.15) is 6.61 Å². The molecule has 0 radical (unpaired) electrons. The fourth-order valence-electron chi connectivity index (χ4n) is 1.44. The normalized spacial score (nSPS) is 10.8. The van der Waals surface area contributed by atoms with Gasteiger partial charge >= 0.3 is 0 Å². The molecule has 0 saturated carbocycles. The zero-order chi connectivity index (χ0) is 12.1. The van der Waals surface area contributed by atoms with Gasteiger partial charge in [0.15, 0.2) is 11.6 Å². The van der Waals surface area contributed by atoms with Crippen molar-refractivity contribution in [2.24, 2.45) is 0 Å². The lowest BCUT2D eigenvalue weighted by Gasteiger charge is -2.12. The van der Waals surface area contributed by atoms with Gasteiger partial charge in [0, 0.05) is 11.8 Å². The molecule has 0 amide bonds. The average molecular weight is 233 g/mol. The van der Waals surface area contributed by atoms with Crippen LogP contribution < -0.4 is 10.5 Å². The van der Waals surface area contributed by atoms with Gasteiger partial charge in [0.05, 0.1) is 0 Å². The summed E-state index contributed by atoms with van der Waals surface area (Å²) in [7, 11) is 0. The van der Waals surface area contributed by atoms with E-state index in [1.54, 1.807) is 6.07 Å². The number of ether oxygens (including phenoxy) is 1. The molecule has 0 bridgehead atoms. The highest BCUT2D eigenvalue weighted by atomic mass is 19.3. The van der Waals surface area contributed by atoms with E-state index >= 15 is 0 Å². The Hall–Kier alpha value is -1.39. The minimum absolute atomic E-state index is 0.114. The molecule has 0 spiro atoms. The van der Waals surface area contributed by atoms with Crippen molar-refractivity contribution in [1.29, 1.82) is 0 Å².